The molecule has 8 heteroatoms. The molecule has 0 saturated heterocycles. The Balaban J connectivity index is 1.28. The standard InChI is InChI=1S/C28H26FN5O2/c1-28-15-19-16-30-34(23-11-9-22(29)10-12-23)26(19)14-21(28)8-7-20(28)13-24(18-5-3-2-4-6-18)32-27(35)25-17-31-36-33-25/h2-6,9-12,14,16-17,20,24H,7-8,13,15H2,1H3,(H,32,35)/t20-,24?,28-/m1/s1. The maximum atomic E-state index is 13.4. The molecule has 3 atom stereocenters. The highest BCUT2D eigenvalue weighted by atomic mass is 19.1. The summed E-state index contributed by atoms with van der Waals surface area (Å²) >= 11 is 0. The first-order valence-electron chi connectivity index (χ1n) is 12.2. The van der Waals surface area contributed by atoms with Crippen LogP contribution in [0.15, 0.2) is 77.2 Å². The number of benzene rings is 2. The van der Waals surface area contributed by atoms with Crippen molar-refractivity contribution in [3.63, 3.8) is 0 Å². The number of hydrogen-bond donors (Lipinski definition) is 1. The summed E-state index contributed by atoms with van der Waals surface area (Å²) in [5.41, 5.74) is 5.71. The van der Waals surface area contributed by atoms with E-state index in [0.29, 0.717) is 5.92 Å². The summed E-state index contributed by atoms with van der Waals surface area (Å²) in [4.78, 5) is 12.8. The first kappa shape index (κ1) is 22.4. The van der Waals surface area contributed by atoms with Crippen LogP contribution in [0.5, 0.6) is 0 Å². The van der Waals surface area contributed by atoms with Crippen molar-refractivity contribution in [1.29, 1.82) is 0 Å². The number of hydrogen-bond acceptors (Lipinski definition) is 5. The second kappa shape index (κ2) is 8.86. The van der Waals surface area contributed by atoms with Gasteiger partial charge in [0.15, 0.2) is 5.69 Å². The minimum atomic E-state index is -0.296. The van der Waals surface area contributed by atoms with Gasteiger partial charge in [-0.2, -0.15) is 5.10 Å². The number of halogens is 1. The summed E-state index contributed by atoms with van der Waals surface area (Å²) in [6.07, 6.45) is 9.25. The summed E-state index contributed by atoms with van der Waals surface area (Å²) in [5.74, 6) is -0.188. The molecule has 2 aromatic carbocycles. The molecule has 7 nitrogen and oxygen atoms in total. The Morgan fingerprint density at radius 1 is 1.19 bits per heavy atom. The quantitative estimate of drug-likeness (QED) is 0.402. The Labute approximate surface area is 208 Å². The van der Waals surface area contributed by atoms with Crippen LogP contribution in [-0.4, -0.2) is 26.0 Å². The van der Waals surface area contributed by atoms with E-state index in [1.54, 1.807) is 12.1 Å². The number of rotatable bonds is 6. The third kappa shape index (κ3) is 3.92. The molecule has 0 aliphatic heterocycles. The van der Waals surface area contributed by atoms with Crippen LogP contribution in [0.3, 0.4) is 0 Å². The lowest BCUT2D eigenvalue weighted by Crippen LogP contribution is -2.35. The molecule has 0 radical (unpaired) electrons. The molecule has 182 valence electrons. The van der Waals surface area contributed by atoms with Crippen LogP contribution in [0.2, 0.25) is 0 Å². The first-order chi connectivity index (χ1) is 17.5. The summed E-state index contributed by atoms with van der Waals surface area (Å²) in [6.45, 7) is 2.33. The predicted molar refractivity (Wildman–Crippen MR) is 132 cm³/mol. The average Bonchev–Trinajstić information content (AvgIpc) is 3.63. The molecule has 0 spiro atoms. The van der Waals surface area contributed by atoms with Crippen LogP contribution in [0.25, 0.3) is 11.8 Å². The summed E-state index contributed by atoms with van der Waals surface area (Å²) in [6, 6.07) is 16.3. The number of aromatic nitrogens is 4. The van der Waals surface area contributed by atoms with Crippen LogP contribution in [0.1, 0.15) is 59.5 Å². The fourth-order valence-electron chi connectivity index (χ4n) is 5.84. The Kier molecular flexibility index (Phi) is 5.51. The SMILES string of the molecule is C[C@]12Cc3cnn(-c4ccc(F)cc4)c3C=C1CC[C@@H]2CC(NC(=O)c1cnon1)c1ccccc1. The predicted octanol–water partition coefficient (Wildman–Crippen LogP) is 5.31. The van der Waals surface area contributed by atoms with Crippen LogP contribution >= 0.6 is 0 Å². The van der Waals surface area contributed by atoms with Gasteiger partial charge in [0.05, 0.1) is 23.6 Å². The molecule has 2 aliphatic carbocycles. The van der Waals surface area contributed by atoms with E-state index in [1.165, 1.54) is 29.5 Å². The smallest absolute Gasteiger partial charge is 0.275 e. The number of carbonyl (C=O) groups is 1. The Morgan fingerprint density at radius 3 is 2.75 bits per heavy atom. The van der Waals surface area contributed by atoms with Gasteiger partial charge in [0.25, 0.3) is 5.91 Å². The summed E-state index contributed by atoms with van der Waals surface area (Å²) < 4.78 is 20.0. The number of fused-ring (bicyclic) bond motifs is 2. The highest BCUT2D eigenvalue weighted by Crippen LogP contribution is 2.55. The van der Waals surface area contributed by atoms with Crippen molar-refractivity contribution in [3.8, 4) is 5.69 Å². The summed E-state index contributed by atoms with van der Waals surface area (Å²) in [5, 5.41) is 15.0. The molecule has 4 aromatic rings. The Hall–Kier alpha value is -4.07. The second-order valence-corrected chi connectivity index (χ2v) is 9.91. The van der Waals surface area contributed by atoms with Gasteiger partial charge < -0.3 is 5.32 Å². The van der Waals surface area contributed by atoms with E-state index >= 15 is 0 Å². The zero-order valence-electron chi connectivity index (χ0n) is 19.9. The van der Waals surface area contributed by atoms with Crippen molar-refractivity contribution in [2.45, 2.75) is 38.6 Å². The minimum Gasteiger partial charge on any atom is -0.344 e. The fraction of sp³-hybridized carbons (Fsp3) is 0.286. The monoisotopic (exact) mass is 483 g/mol. The molecule has 36 heavy (non-hydrogen) atoms. The molecule has 1 amide bonds. The van der Waals surface area contributed by atoms with E-state index in [-0.39, 0.29) is 28.9 Å². The van der Waals surface area contributed by atoms with Crippen LogP contribution in [0, 0.1) is 17.2 Å². The van der Waals surface area contributed by atoms with Crippen LogP contribution in [-0.2, 0) is 6.42 Å². The molecule has 1 unspecified atom stereocenters. The first-order valence-corrected chi connectivity index (χ1v) is 12.2. The van der Waals surface area contributed by atoms with Crippen molar-refractivity contribution in [3.05, 3.63) is 101 Å². The highest BCUT2D eigenvalue weighted by molar-refractivity contribution is 5.92. The van der Waals surface area contributed by atoms with Gasteiger partial charge in [-0.3, -0.25) is 4.79 Å². The van der Waals surface area contributed by atoms with Crippen LogP contribution in [0.4, 0.5) is 4.39 Å². The Bertz CT molecular complexity index is 1410. The number of carbonyl (C=O) groups excluding carboxylic acids is 1. The van der Waals surface area contributed by atoms with Crippen molar-refractivity contribution < 1.29 is 13.8 Å². The zero-order chi connectivity index (χ0) is 24.7. The van der Waals surface area contributed by atoms with Gasteiger partial charge in [-0.05, 0) is 83.6 Å². The maximum absolute atomic E-state index is 13.4. The van der Waals surface area contributed by atoms with Crippen molar-refractivity contribution in [1.82, 2.24) is 25.4 Å². The second-order valence-electron chi connectivity index (χ2n) is 9.91. The third-order valence-electron chi connectivity index (χ3n) is 7.84. The van der Waals surface area contributed by atoms with E-state index in [9.17, 15) is 9.18 Å². The topological polar surface area (TPSA) is 85.8 Å². The Morgan fingerprint density at radius 2 is 2.00 bits per heavy atom. The van der Waals surface area contributed by atoms with E-state index in [2.05, 4.69) is 38.4 Å². The van der Waals surface area contributed by atoms with E-state index in [1.807, 2.05) is 41.2 Å². The van der Waals surface area contributed by atoms with Gasteiger partial charge in [0.2, 0.25) is 0 Å². The largest absolute Gasteiger partial charge is 0.344 e. The van der Waals surface area contributed by atoms with Gasteiger partial charge in [-0.25, -0.2) is 13.7 Å². The maximum Gasteiger partial charge on any atom is 0.275 e. The van der Waals surface area contributed by atoms with Gasteiger partial charge >= 0.3 is 0 Å². The number of nitrogens with one attached hydrogen (secondary N) is 1. The fourth-order valence-corrected chi connectivity index (χ4v) is 5.84. The molecule has 2 heterocycles. The van der Waals surface area contributed by atoms with E-state index in [0.717, 1.165) is 42.6 Å². The van der Waals surface area contributed by atoms with Gasteiger partial charge in [0.1, 0.15) is 12.0 Å². The third-order valence-corrected chi connectivity index (χ3v) is 7.84. The van der Waals surface area contributed by atoms with Crippen LogP contribution < -0.4 is 5.32 Å². The van der Waals surface area contributed by atoms with Gasteiger partial charge in [-0.15, -0.1) is 0 Å². The molecule has 2 aliphatic rings. The molecular formula is C28H26FN5O2. The van der Waals surface area contributed by atoms with Crippen molar-refractivity contribution in [2.24, 2.45) is 11.3 Å². The zero-order valence-corrected chi connectivity index (χ0v) is 19.9. The molecule has 6 rings (SSSR count). The molecular weight excluding hydrogens is 457 g/mol. The highest BCUT2D eigenvalue weighted by Gasteiger charge is 2.46. The normalized spacial score (nSPS) is 21.4. The van der Waals surface area contributed by atoms with Crippen molar-refractivity contribution >= 4 is 12.0 Å². The molecule has 1 fully saturated rings. The molecule has 1 N–H and O–H groups in total. The van der Waals surface area contributed by atoms with E-state index in [4.69, 9.17) is 0 Å². The average molecular weight is 484 g/mol. The van der Waals surface area contributed by atoms with Gasteiger partial charge in [-0.1, -0.05) is 48.0 Å². The molecule has 0 bridgehead atoms. The van der Waals surface area contributed by atoms with E-state index < -0.39 is 0 Å². The number of nitrogens with zero attached hydrogens (tertiary/aromatic N) is 4. The number of allylic oxidation sites excluding steroid dienone is 1. The van der Waals surface area contributed by atoms with Crippen molar-refractivity contribution in [2.75, 3.05) is 0 Å². The lowest BCUT2D eigenvalue weighted by molar-refractivity contribution is 0.0913. The lowest BCUT2D eigenvalue weighted by atomic mass is 9.68. The molecule has 1 saturated carbocycles. The van der Waals surface area contributed by atoms with Gasteiger partial charge in [0, 0.05) is 0 Å². The summed E-state index contributed by atoms with van der Waals surface area (Å²) in [7, 11) is 0. The molecule has 2 aromatic heterocycles. The number of amides is 1. The minimum absolute atomic E-state index is 0.0309. The lowest BCUT2D eigenvalue weighted by Gasteiger charge is -2.37.